The van der Waals surface area contributed by atoms with Gasteiger partial charge >= 0.3 is 15.6 Å². The van der Waals surface area contributed by atoms with Gasteiger partial charge in [0.15, 0.2) is 17.4 Å². The van der Waals surface area contributed by atoms with Crippen molar-refractivity contribution in [2.45, 2.75) is 57.1 Å². The molecule has 2 aliphatic heterocycles. The number of ether oxygens (including phenoxy) is 2. The number of fused-ring (bicyclic) bond motifs is 2. The normalized spacial score (nSPS) is 21.6. The predicted molar refractivity (Wildman–Crippen MR) is 194 cm³/mol. The molecular formula is C32H37N7O15P2. The van der Waals surface area contributed by atoms with Gasteiger partial charge in [0.1, 0.15) is 24.1 Å². The van der Waals surface area contributed by atoms with Gasteiger partial charge in [0, 0.05) is 12.1 Å². The number of amides is 3. The Hall–Kier alpha value is -4.86. The molecular weight excluding hydrogens is 784 g/mol. The number of nitrogen functional groups attached to an aromatic ring is 1. The van der Waals surface area contributed by atoms with Crippen LogP contribution in [0.5, 0.6) is 5.75 Å². The Bertz CT molecular complexity index is 2340. The van der Waals surface area contributed by atoms with Crippen molar-refractivity contribution in [1.29, 1.82) is 0 Å². The van der Waals surface area contributed by atoms with Crippen molar-refractivity contribution in [3.63, 3.8) is 0 Å². The topological polar surface area (TPSA) is 317 Å². The molecule has 2 aromatic heterocycles. The molecule has 6 atom stereocenters. The molecule has 0 spiro atoms. The van der Waals surface area contributed by atoms with E-state index in [2.05, 4.69) is 24.6 Å². The van der Waals surface area contributed by atoms with Gasteiger partial charge in [0.25, 0.3) is 17.4 Å². The lowest BCUT2D eigenvalue weighted by molar-refractivity contribution is -0.116. The summed E-state index contributed by atoms with van der Waals surface area (Å²) in [5.74, 6) is -1.12. The number of aromatic amines is 1. The molecule has 0 saturated carbocycles. The lowest BCUT2D eigenvalue weighted by atomic mass is 10.1. The van der Waals surface area contributed by atoms with Crippen molar-refractivity contribution >= 4 is 61.9 Å². The minimum Gasteiger partial charge on any atom is -0.497 e. The van der Waals surface area contributed by atoms with E-state index < -0.39 is 64.2 Å². The minimum atomic E-state index is -5.29. The van der Waals surface area contributed by atoms with Gasteiger partial charge in [-0.05, 0) is 61.7 Å². The van der Waals surface area contributed by atoms with Crippen LogP contribution in [0.1, 0.15) is 58.2 Å². The lowest BCUT2D eigenvalue weighted by Crippen LogP contribution is -2.33. The average Bonchev–Trinajstić information content (AvgIpc) is 3.75. The van der Waals surface area contributed by atoms with Crippen molar-refractivity contribution in [2.24, 2.45) is 0 Å². The molecule has 8 N–H and O–H groups in total. The number of aryl methyl sites for hydroxylation is 1. The van der Waals surface area contributed by atoms with Crippen LogP contribution in [0.25, 0.3) is 11.2 Å². The Labute approximate surface area is 316 Å². The number of imide groups is 1. The van der Waals surface area contributed by atoms with Crippen molar-refractivity contribution in [3.05, 3.63) is 69.8 Å². The van der Waals surface area contributed by atoms with Crippen LogP contribution in [0.15, 0.2) is 47.5 Å². The molecule has 1 fully saturated rings. The Morgan fingerprint density at radius 3 is 2.46 bits per heavy atom. The van der Waals surface area contributed by atoms with Gasteiger partial charge in [0.05, 0.1) is 43.5 Å². The third kappa shape index (κ3) is 8.74. The highest BCUT2D eigenvalue weighted by Crippen LogP contribution is 2.60. The van der Waals surface area contributed by atoms with Gasteiger partial charge in [-0.1, -0.05) is 6.42 Å². The van der Waals surface area contributed by atoms with E-state index in [1.807, 2.05) is 0 Å². The Balaban J connectivity index is 0.907. The van der Waals surface area contributed by atoms with Crippen LogP contribution in [0.3, 0.4) is 0 Å². The maximum Gasteiger partial charge on any atom is 0.481 e. The highest BCUT2D eigenvalue weighted by atomic mass is 31.3. The number of hydrogen-bond donors (Lipinski definition) is 7. The standard InChI is InChI=1S/C32H37N7O15P2/c1-16-12-17(7-10-21(16)39-29(44)19-9-8-18(50-2)13-20(19)30(39)45)35-23(40)6-4-3-5-11-51-55(46,47)54-56(48,49)52-14-22-25(41)26(42)31(53-22)38-15-34-24-27(38)36-32(33)37-28(24)43/h7-10,12-13,15,22,25-26,31,41-42H,3-6,11,14H2,1-2H3,(H,35,40)(H,46,47)(H,48,49)(H3,33,36,37,43)/t22-,25-,26-,31-/m1/s1. The molecule has 22 nitrogen and oxygen atoms in total. The van der Waals surface area contributed by atoms with Crippen LogP contribution < -0.4 is 26.2 Å². The summed E-state index contributed by atoms with van der Waals surface area (Å²) in [4.78, 5) is 81.9. The molecule has 24 heteroatoms. The number of carbonyl (C=O) groups excluding carboxylic acids is 3. The van der Waals surface area contributed by atoms with E-state index in [4.69, 9.17) is 24.3 Å². The average molecular weight is 822 g/mol. The Morgan fingerprint density at radius 2 is 1.73 bits per heavy atom. The molecule has 0 radical (unpaired) electrons. The summed E-state index contributed by atoms with van der Waals surface area (Å²) >= 11 is 0. The fourth-order valence-corrected chi connectivity index (χ4v) is 8.20. The number of aliphatic hydroxyl groups excluding tert-OH is 2. The molecule has 1 saturated heterocycles. The smallest absolute Gasteiger partial charge is 0.481 e. The highest BCUT2D eigenvalue weighted by Gasteiger charge is 2.46. The first-order valence-electron chi connectivity index (χ1n) is 16.9. The second-order valence-corrected chi connectivity index (χ2v) is 15.7. The maximum atomic E-state index is 13.0. The molecule has 300 valence electrons. The van der Waals surface area contributed by atoms with Crippen molar-refractivity contribution in [2.75, 3.05) is 36.3 Å². The number of rotatable bonds is 16. The van der Waals surface area contributed by atoms with Crippen LogP contribution in [0.4, 0.5) is 17.3 Å². The monoisotopic (exact) mass is 821 g/mol. The first-order valence-corrected chi connectivity index (χ1v) is 19.8. The zero-order valence-corrected chi connectivity index (χ0v) is 31.4. The van der Waals surface area contributed by atoms with Crippen molar-refractivity contribution in [1.82, 2.24) is 19.5 Å². The van der Waals surface area contributed by atoms with E-state index in [9.17, 15) is 48.3 Å². The van der Waals surface area contributed by atoms with E-state index >= 15 is 0 Å². The van der Waals surface area contributed by atoms with Crippen LogP contribution in [0, 0.1) is 6.92 Å². The van der Waals surface area contributed by atoms with E-state index in [1.165, 1.54) is 19.2 Å². The molecule has 2 unspecified atom stereocenters. The number of methoxy groups -OCH3 is 1. The fraction of sp³-hybridized carbons (Fsp3) is 0.375. The highest BCUT2D eigenvalue weighted by molar-refractivity contribution is 7.61. The van der Waals surface area contributed by atoms with E-state index in [-0.39, 0.29) is 53.6 Å². The molecule has 0 bridgehead atoms. The fourth-order valence-electron chi connectivity index (χ4n) is 6.09. The number of benzene rings is 2. The molecule has 4 aromatic rings. The number of phosphoric acid groups is 2. The summed E-state index contributed by atoms with van der Waals surface area (Å²) in [6, 6.07) is 9.37. The summed E-state index contributed by atoms with van der Waals surface area (Å²) in [7, 11) is -8.97. The summed E-state index contributed by atoms with van der Waals surface area (Å²) in [6.45, 7) is 0.417. The second-order valence-electron chi connectivity index (χ2n) is 12.7. The number of anilines is 3. The number of unbranched alkanes of at least 4 members (excludes halogenated alkanes) is 2. The largest absolute Gasteiger partial charge is 0.497 e. The van der Waals surface area contributed by atoms with Crippen LogP contribution in [0.2, 0.25) is 0 Å². The predicted octanol–water partition coefficient (Wildman–Crippen LogP) is 1.89. The van der Waals surface area contributed by atoms with Crippen molar-refractivity contribution < 1.29 is 66.3 Å². The van der Waals surface area contributed by atoms with Gasteiger partial charge in [-0.15, -0.1) is 0 Å². The number of imidazole rings is 1. The van der Waals surface area contributed by atoms with Crippen LogP contribution in [-0.2, 0) is 32.0 Å². The SMILES string of the molecule is COc1ccc2c(c1)C(=O)N(c1ccc(NC(=O)CCCCCOP(=O)(O)OP(=O)(O)OC[C@H]3O[C@@H](n4cnc5c(=O)[nH]c(N)nc54)[C@H](O)[C@@H]3O)cc1C)C2=O. The summed E-state index contributed by atoms with van der Waals surface area (Å²) in [6.07, 6.45) is -4.14. The summed E-state index contributed by atoms with van der Waals surface area (Å²) < 4.78 is 50.4. The first kappa shape index (κ1) is 40.8. The van der Waals surface area contributed by atoms with Gasteiger partial charge < -0.3 is 40.5 Å². The quantitative estimate of drug-likeness (QED) is 0.0482. The molecule has 2 aromatic carbocycles. The number of aliphatic hydroxyl groups is 2. The second kappa shape index (κ2) is 16.3. The Morgan fingerprint density at radius 1 is 1.00 bits per heavy atom. The van der Waals surface area contributed by atoms with E-state index in [0.717, 1.165) is 15.8 Å². The lowest BCUT2D eigenvalue weighted by Gasteiger charge is -2.19. The van der Waals surface area contributed by atoms with E-state index in [1.54, 1.807) is 31.2 Å². The summed E-state index contributed by atoms with van der Waals surface area (Å²) in [5, 5.41) is 23.7. The molecule has 6 rings (SSSR count). The van der Waals surface area contributed by atoms with Crippen LogP contribution in [-0.4, -0.2) is 95.9 Å². The third-order valence-electron chi connectivity index (χ3n) is 8.79. The number of H-pyrrole nitrogens is 1. The van der Waals surface area contributed by atoms with Gasteiger partial charge in [-0.3, -0.25) is 37.8 Å². The number of nitrogens with two attached hydrogens (primary N) is 1. The van der Waals surface area contributed by atoms with Gasteiger partial charge in [-0.2, -0.15) is 9.29 Å². The van der Waals surface area contributed by atoms with Gasteiger partial charge in [0.2, 0.25) is 11.9 Å². The number of nitrogens with one attached hydrogen (secondary N) is 2. The number of phosphoric ester groups is 2. The minimum absolute atomic E-state index is 0.0680. The van der Waals surface area contributed by atoms with E-state index in [0.29, 0.717) is 35.5 Å². The first-order chi connectivity index (χ1) is 26.5. The molecule has 56 heavy (non-hydrogen) atoms. The maximum absolute atomic E-state index is 13.0. The number of nitrogens with zero attached hydrogens (tertiary/aromatic N) is 4. The third-order valence-corrected chi connectivity index (χ3v) is 11.4. The number of aromatic nitrogens is 4. The van der Waals surface area contributed by atoms with Crippen LogP contribution >= 0.6 is 15.6 Å². The zero-order valence-electron chi connectivity index (χ0n) is 29.6. The van der Waals surface area contributed by atoms with Gasteiger partial charge in [-0.25, -0.2) is 19.0 Å². The number of carbonyl (C=O) groups is 3. The zero-order chi connectivity index (χ0) is 40.5. The number of hydrogen-bond acceptors (Lipinski definition) is 16. The molecule has 2 aliphatic rings. The molecule has 3 amide bonds. The summed E-state index contributed by atoms with van der Waals surface area (Å²) in [5.41, 5.74) is 6.54. The Kier molecular flexibility index (Phi) is 11.9. The van der Waals surface area contributed by atoms with Crippen molar-refractivity contribution in [3.8, 4) is 5.75 Å². The molecule has 0 aliphatic carbocycles. The molecule has 4 heterocycles.